The summed E-state index contributed by atoms with van der Waals surface area (Å²) in [4.78, 5) is 0. The van der Waals surface area contributed by atoms with Crippen LogP contribution in [-0.2, 0) is 0 Å². The highest BCUT2D eigenvalue weighted by atomic mass is 14.5. The van der Waals surface area contributed by atoms with E-state index in [1.165, 1.54) is 25.7 Å². The highest BCUT2D eigenvalue weighted by Crippen LogP contribution is 2.59. The Morgan fingerprint density at radius 2 is 1.87 bits per heavy atom. The Hall–Kier alpha value is -0.260. The molecule has 0 unspecified atom stereocenters. The summed E-state index contributed by atoms with van der Waals surface area (Å²) in [5, 5.41) is 0. The van der Waals surface area contributed by atoms with Crippen molar-refractivity contribution in [3.05, 3.63) is 11.6 Å². The fraction of sp³-hybridized carbons (Fsp3) is 0.867. The molecule has 86 valence electrons. The van der Waals surface area contributed by atoms with Crippen molar-refractivity contribution in [2.45, 2.75) is 60.3 Å². The number of fused-ring (bicyclic) bond motifs is 1. The van der Waals surface area contributed by atoms with Crippen molar-refractivity contribution in [3.8, 4) is 0 Å². The van der Waals surface area contributed by atoms with Gasteiger partial charge in [-0.15, -0.1) is 0 Å². The van der Waals surface area contributed by atoms with Crippen LogP contribution in [0.5, 0.6) is 0 Å². The number of hydrogen-bond donors (Lipinski definition) is 0. The van der Waals surface area contributed by atoms with Gasteiger partial charge in [-0.3, -0.25) is 0 Å². The minimum atomic E-state index is 0.554. The van der Waals surface area contributed by atoms with Gasteiger partial charge in [0.25, 0.3) is 0 Å². The van der Waals surface area contributed by atoms with E-state index in [0.29, 0.717) is 10.8 Å². The van der Waals surface area contributed by atoms with Gasteiger partial charge in [0.05, 0.1) is 0 Å². The summed E-state index contributed by atoms with van der Waals surface area (Å²) in [6.45, 7) is 12.3. The number of rotatable bonds is 0. The smallest absolute Gasteiger partial charge is 0.0177 e. The predicted molar refractivity (Wildman–Crippen MR) is 66.8 cm³/mol. The summed E-state index contributed by atoms with van der Waals surface area (Å²) < 4.78 is 0. The summed E-state index contributed by atoms with van der Waals surface area (Å²) in [7, 11) is 0. The van der Waals surface area contributed by atoms with E-state index in [0.717, 1.165) is 11.8 Å². The van der Waals surface area contributed by atoms with Gasteiger partial charge < -0.3 is 0 Å². The molecule has 0 aromatic heterocycles. The van der Waals surface area contributed by atoms with E-state index in [1.54, 1.807) is 5.57 Å². The molecule has 0 saturated heterocycles. The molecule has 0 heteroatoms. The summed E-state index contributed by atoms with van der Waals surface area (Å²) in [5.41, 5.74) is 2.76. The van der Waals surface area contributed by atoms with Gasteiger partial charge in [-0.05, 0) is 48.9 Å². The third kappa shape index (κ3) is 1.57. The van der Waals surface area contributed by atoms with Crippen molar-refractivity contribution in [3.63, 3.8) is 0 Å². The van der Waals surface area contributed by atoms with Crippen LogP contribution in [0.2, 0.25) is 0 Å². The lowest BCUT2D eigenvalue weighted by Gasteiger charge is -2.56. The summed E-state index contributed by atoms with van der Waals surface area (Å²) in [5.74, 6) is 1.69. The second-order valence-corrected chi connectivity index (χ2v) is 6.81. The first-order valence-corrected chi connectivity index (χ1v) is 6.54. The molecule has 3 atom stereocenters. The molecule has 1 saturated carbocycles. The van der Waals surface area contributed by atoms with Gasteiger partial charge in [0.2, 0.25) is 0 Å². The molecular formula is C15H26. The molecule has 2 rings (SSSR count). The van der Waals surface area contributed by atoms with Crippen LogP contribution >= 0.6 is 0 Å². The van der Waals surface area contributed by atoms with E-state index in [2.05, 4.69) is 40.7 Å². The maximum absolute atomic E-state index is 2.54. The maximum atomic E-state index is 2.54. The first-order chi connectivity index (χ1) is 6.88. The molecule has 0 aromatic rings. The molecule has 1 fully saturated rings. The van der Waals surface area contributed by atoms with E-state index in [4.69, 9.17) is 0 Å². The predicted octanol–water partition coefficient (Wildman–Crippen LogP) is 4.81. The van der Waals surface area contributed by atoms with Crippen LogP contribution in [0.1, 0.15) is 60.3 Å². The van der Waals surface area contributed by atoms with Gasteiger partial charge in [0, 0.05) is 0 Å². The van der Waals surface area contributed by atoms with Crippen molar-refractivity contribution in [2.24, 2.45) is 22.7 Å². The zero-order valence-corrected chi connectivity index (χ0v) is 11.1. The van der Waals surface area contributed by atoms with Crippen LogP contribution in [0.25, 0.3) is 0 Å². The third-order valence-electron chi connectivity index (χ3n) is 5.62. The van der Waals surface area contributed by atoms with Crippen LogP contribution in [0.15, 0.2) is 11.6 Å². The molecule has 0 bridgehead atoms. The van der Waals surface area contributed by atoms with E-state index < -0.39 is 0 Å². The molecule has 0 heterocycles. The molecule has 2 aliphatic rings. The van der Waals surface area contributed by atoms with Gasteiger partial charge in [0.1, 0.15) is 0 Å². The fourth-order valence-corrected chi connectivity index (χ4v) is 4.27. The van der Waals surface area contributed by atoms with Crippen molar-refractivity contribution in [1.82, 2.24) is 0 Å². The summed E-state index contributed by atoms with van der Waals surface area (Å²) in [6.07, 6.45) is 8.11. The largest absolute Gasteiger partial charge is 0.0850 e. The van der Waals surface area contributed by atoms with E-state index in [-0.39, 0.29) is 0 Å². The number of hydrogen-bond acceptors (Lipinski definition) is 0. The SMILES string of the molecule is CC1=CC[C@H]2C(C)(C)CCC[C@]2(C)[C@H]1C. The molecule has 0 amide bonds. The summed E-state index contributed by atoms with van der Waals surface area (Å²) in [6, 6.07) is 0. The molecule has 2 aliphatic carbocycles. The summed E-state index contributed by atoms with van der Waals surface area (Å²) >= 11 is 0. The molecule has 0 aromatic carbocycles. The van der Waals surface area contributed by atoms with Crippen molar-refractivity contribution in [2.75, 3.05) is 0 Å². The zero-order valence-electron chi connectivity index (χ0n) is 11.1. The number of allylic oxidation sites excluding steroid dienone is 2. The molecule has 0 nitrogen and oxygen atoms in total. The van der Waals surface area contributed by atoms with E-state index >= 15 is 0 Å². The van der Waals surface area contributed by atoms with Crippen LogP contribution in [0, 0.1) is 22.7 Å². The lowest BCUT2D eigenvalue weighted by molar-refractivity contribution is -0.0318. The molecule has 0 spiro atoms. The Morgan fingerprint density at radius 1 is 1.20 bits per heavy atom. The zero-order chi connectivity index (χ0) is 11.3. The van der Waals surface area contributed by atoms with Crippen molar-refractivity contribution < 1.29 is 0 Å². The van der Waals surface area contributed by atoms with Crippen molar-refractivity contribution in [1.29, 1.82) is 0 Å². The fourth-order valence-electron chi connectivity index (χ4n) is 4.27. The Morgan fingerprint density at radius 3 is 2.53 bits per heavy atom. The van der Waals surface area contributed by atoms with Crippen LogP contribution in [-0.4, -0.2) is 0 Å². The quantitative estimate of drug-likeness (QED) is 0.499. The molecule has 0 aliphatic heterocycles. The Labute approximate surface area is 95.1 Å². The molecule has 0 radical (unpaired) electrons. The first kappa shape index (κ1) is 11.2. The normalized spacial score (nSPS) is 44.5. The molecular weight excluding hydrogens is 180 g/mol. The maximum Gasteiger partial charge on any atom is -0.0177 e. The van der Waals surface area contributed by atoms with Gasteiger partial charge in [-0.2, -0.15) is 0 Å². The van der Waals surface area contributed by atoms with E-state index in [9.17, 15) is 0 Å². The average molecular weight is 206 g/mol. The van der Waals surface area contributed by atoms with Gasteiger partial charge in [0.15, 0.2) is 0 Å². The first-order valence-electron chi connectivity index (χ1n) is 6.54. The minimum Gasteiger partial charge on any atom is -0.0850 e. The van der Waals surface area contributed by atoms with Gasteiger partial charge >= 0.3 is 0 Å². The van der Waals surface area contributed by atoms with Gasteiger partial charge in [-0.25, -0.2) is 0 Å². The highest BCUT2D eigenvalue weighted by Gasteiger charge is 2.50. The molecule has 0 N–H and O–H groups in total. The standard InChI is InChI=1S/C15H26/c1-11-7-8-13-14(3,4)9-6-10-15(13,5)12(11)2/h7,12-13H,6,8-10H2,1-5H3/t12-,13-,15+/m0/s1. The second-order valence-electron chi connectivity index (χ2n) is 6.81. The van der Waals surface area contributed by atoms with E-state index in [1.807, 2.05) is 0 Å². The Bertz CT molecular complexity index is 284. The Balaban J connectivity index is 2.38. The van der Waals surface area contributed by atoms with Crippen molar-refractivity contribution >= 4 is 0 Å². The van der Waals surface area contributed by atoms with Crippen LogP contribution in [0.4, 0.5) is 0 Å². The lowest BCUT2D eigenvalue weighted by atomic mass is 9.49. The van der Waals surface area contributed by atoms with Crippen LogP contribution in [0.3, 0.4) is 0 Å². The third-order valence-corrected chi connectivity index (χ3v) is 5.62. The monoisotopic (exact) mass is 206 g/mol. The lowest BCUT2D eigenvalue weighted by Crippen LogP contribution is -2.47. The Kier molecular flexibility index (Phi) is 2.52. The topological polar surface area (TPSA) is 0 Å². The second kappa shape index (κ2) is 3.37. The van der Waals surface area contributed by atoms with Crippen LogP contribution < -0.4 is 0 Å². The van der Waals surface area contributed by atoms with Gasteiger partial charge in [-0.1, -0.05) is 45.8 Å². The minimum absolute atomic E-state index is 0.554. The highest BCUT2D eigenvalue weighted by molar-refractivity contribution is 5.16. The molecule has 15 heavy (non-hydrogen) atoms. The average Bonchev–Trinajstić information content (AvgIpc) is 2.12.